The van der Waals surface area contributed by atoms with Gasteiger partial charge in [0.25, 0.3) is 11.8 Å². The molecule has 0 saturated carbocycles. The number of nitrogens with zero attached hydrogens (tertiary/aromatic N) is 1. The Balaban J connectivity index is 0.000000252. The third-order valence-electron chi connectivity index (χ3n) is 8.10. The number of fused-ring (bicyclic) bond motifs is 1. The number of esters is 2. The number of Topliss-reactive ketones (excluding diaryl/α,β-unsaturated/α-hetero) is 1. The summed E-state index contributed by atoms with van der Waals surface area (Å²) < 4.78 is 17.9. The number of halogens is 1. The van der Waals surface area contributed by atoms with E-state index in [-0.39, 0.29) is 55.6 Å². The Morgan fingerprint density at radius 2 is 1.16 bits per heavy atom. The third-order valence-corrected chi connectivity index (χ3v) is 8.10. The molecule has 258 valence electrons. The summed E-state index contributed by atoms with van der Waals surface area (Å²) in [4.78, 5) is 72.1. The number of carbonyl (C=O) groups excluding carboxylic acids is 5. The first kappa shape index (κ1) is 37.1. The summed E-state index contributed by atoms with van der Waals surface area (Å²) in [5.74, 6) is -3.40. The standard InChI is InChI=1S/C26H23FO4.C14H15NO4/c27-22-16-14-21(15-17-22)24(28)12-7-13-25(29)31-26(30)18-23(19-8-3-1-4-9-19)20-10-5-2-6-11-20;16-12(17)8-2-1-5-9-15-13(18)10-6-3-4-7-11(10)14(15)19/h1-6,8-11,14-17,23H,7,12-13,18H2;3-4,6-7H,1-2,5,8-9H2,(H,16,17). The maximum Gasteiger partial charge on any atom is 0.314 e. The molecule has 10 heteroatoms. The van der Waals surface area contributed by atoms with Crippen LogP contribution in [-0.2, 0) is 19.1 Å². The smallest absolute Gasteiger partial charge is 0.314 e. The molecule has 1 heterocycles. The van der Waals surface area contributed by atoms with E-state index in [1.807, 2.05) is 60.7 Å². The number of imide groups is 1. The van der Waals surface area contributed by atoms with Gasteiger partial charge in [-0.2, -0.15) is 0 Å². The van der Waals surface area contributed by atoms with E-state index in [1.165, 1.54) is 29.2 Å². The number of benzene rings is 4. The average molecular weight is 680 g/mol. The largest absolute Gasteiger partial charge is 0.481 e. The molecule has 0 radical (unpaired) electrons. The van der Waals surface area contributed by atoms with Gasteiger partial charge in [0.15, 0.2) is 5.78 Å². The van der Waals surface area contributed by atoms with Gasteiger partial charge in [-0.05, 0) is 66.8 Å². The Bertz CT molecular complexity index is 1720. The number of unbranched alkanes of at least 4 members (excludes halogenated alkanes) is 2. The van der Waals surface area contributed by atoms with Crippen LogP contribution < -0.4 is 0 Å². The lowest BCUT2D eigenvalue weighted by atomic mass is 9.89. The van der Waals surface area contributed by atoms with Crippen molar-refractivity contribution in [3.63, 3.8) is 0 Å². The van der Waals surface area contributed by atoms with Crippen molar-refractivity contribution < 1.29 is 43.0 Å². The fourth-order valence-corrected chi connectivity index (χ4v) is 5.52. The van der Waals surface area contributed by atoms with Crippen molar-refractivity contribution in [1.29, 1.82) is 0 Å². The first-order valence-corrected chi connectivity index (χ1v) is 16.4. The van der Waals surface area contributed by atoms with E-state index in [2.05, 4.69) is 0 Å². The van der Waals surface area contributed by atoms with Crippen LogP contribution in [-0.4, -0.2) is 52.1 Å². The van der Waals surface area contributed by atoms with E-state index in [0.29, 0.717) is 42.5 Å². The fourth-order valence-electron chi connectivity index (χ4n) is 5.52. The monoisotopic (exact) mass is 679 g/mol. The van der Waals surface area contributed by atoms with Gasteiger partial charge >= 0.3 is 17.9 Å². The number of ether oxygens (including phenoxy) is 1. The Morgan fingerprint density at radius 3 is 1.70 bits per heavy atom. The molecule has 0 fully saturated rings. The van der Waals surface area contributed by atoms with Crippen LogP contribution in [0, 0.1) is 5.82 Å². The van der Waals surface area contributed by atoms with E-state index >= 15 is 0 Å². The molecule has 0 bridgehead atoms. The SMILES string of the molecule is O=C(CCCC(=O)c1ccc(F)cc1)OC(=O)CC(c1ccccc1)c1ccccc1.O=C(O)CCCCCN1C(=O)c2ccccc2C1=O. The van der Waals surface area contributed by atoms with Gasteiger partial charge in [0.2, 0.25) is 0 Å². The van der Waals surface area contributed by atoms with Crippen LogP contribution in [0.3, 0.4) is 0 Å². The van der Waals surface area contributed by atoms with E-state index in [1.54, 1.807) is 24.3 Å². The van der Waals surface area contributed by atoms with Gasteiger partial charge in [0, 0.05) is 37.3 Å². The van der Waals surface area contributed by atoms with Gasteiger partial charge in [-0.3, -0.25) is 33.7 Å². The number of hydrogen-bond acceptors (Lipinski definition) is 7. The molecule has 1 aliphatic heterocycles. The molecule has 4 aromatic rings. The van der Waals surface area contributed by atoms with Crippen molar-refractivity contribution in [2.75, 3.05) is 6.54 Å². The van der Waals surface area contributed by atoms with E-state index in [4.69, 9.17) is 9.84 Å². The lowest BCUT2D eigenvalue weighted by molar-refractivity contribution is -0.159. The van der Waals surface area contributed by atoms with Gasteiger partial charge in [-0.1, -0.05) is 79.2 Å². The van der Waals surface area contributed by atoms with Crippen LogP contribution in [0.15, 0.2) is 109 Å². The van der Waals surface area contributed by atoms with Crippen LogP contribution in [0.4, 0.5) is 4.39 Å². The van der Waals surface area contributed by atoms with Crippen LogP contribution in [0.1, 0.15) is 99.5 Å². The Kier molecular flexibility index (Phi) is 13.8. The molecule has 0 aromatic heterocycles. The maximum atomic E-state index is 12.9. The van der Waals surface area contributed by atoms with Gasteiger partial charge in [-0.25, -0.2) is 4.39 Å². The van der Waals surface area contributed by atoms with Gasteiger partial charge < -0.3 is 9.84 Å². The third kappa shape index (κ3) is 10.9. The summed E-state index contributed by atoms with van der Waals surface area (Å²) in [6, 6.07) is 31.2. The van der Waals surface area contributed by atoms with Crippen LogP contribution in [0.25, 0.3) is 0 Å². The Morgan fingerprint density at radius 1 is 0.620 bits per heavy atom. The Hall–Kier alpha value is -5.77. The minimum Gasteiger partial charge on any atom is -0.481 e. The first-order valence-electron chi connectivity index (χ1n) is 16.4. The molecule has 0 spiro atoms. The Labute approximate surface area is 289 Å². The van der Waals surface area contributed by atoms with Gasteiger partial charge in [0.05, 0.1) is 17.5 Å². The highest BCUT2D eigenvalue weighted by molar-refractivity contribution is 6.21. The lowest BCUT2D eigenvalue weighted by Crippen LogP contribution is -2.30. The zero-order valence-corrected chi connectivity index (χ0v) is 27.5. The second-order valence-electron chi connectivity index (χ2n) is 11.7. The predicted octanol–water partition coefficient (Wildman–Crippen LogP) is 7.40. The van der Waals surface area contributed by atoms with Crippen molar-refractivity contribution in [1.82, 2.24) is 4.90 Å². The molecule has 9 nitrogen and oxygen atoms in total. The number of carboxylic acid groups (broad SMARTS) is 1. The number of aliphatic carboxylic acids is 1. The molecule has 0 saturated heterocycles. The number of amides is 2. The summed E-state index contributed by atoms with van der Waals surface area (Å²) in [7, 11) is 0. The van der Waals surface area contributed by atoms with Crippen molar-refractivity contribution >= 4 is 35.5 Å². The number of hydrogen-bond donors (Lipinski definition) is 1. The fraction of sp³-hybridized carbons (Fsp3) is 0.250. The van der Waals surface area contributed by atoms with Crippen molar-refractivity contribution in [2.24, 2.45) is 0 Å². The molecule has 50 heavy (non-hydrogen) atoms. The molecule has 1 aliphatic rings. The number of carbonyl (C=O) groups is 6. The van der Waals surface area contributed by atoms with Gasteiger partial charge in [-0.15, -0.1) is 0 Å². The molecular formula is C40H38FNO8. The number of carboxylic acids is 1. The van der Waals surface area contributed by atoms with E-state index in [9.17, 15) is 33.2 Å². The summed E-state index contributed by atoms with van der Waals surface area (Å²) in [5, 5.41) is 8.51. The lowest BCUT2D eigenvalue weighted by Gasteiger charge is -2.17. The highest BCUT2D eigenvalue weighted by Gasteiger charge is 2.34. The second kappa shape index (κ2) is 18.7. The minimum atomic E-state index is -0.819. The molecule has 2 amide bonds. The molecule has 1 N–H and O–H groups in total. The zero-order valence-electron chi connectivity index (χ0n) is 27.5. The van der Waals surface area contributed by atoms with Gasteiger partial charge in [0.1, 0.15) is 5.82 Å². The number of rotatable bonds is 15. The van der Waals surface area contributed by atoms with Crippen molar-refractivity contribution in [2.45, 2.75) is 57.3 Å². The topological polar surface area (TPSA) is 135 Å². The van der Waals surface area contributed by atoms with Crippen molar-refractivity contribution in [3.8, 4) is 0 Å². The molecule has 5 rings (SSSR count). The second-order valence-corrected chi connectivity index (χ2v) is 11.7. The summed E-state index contributed by atoms with van der Waals surface area (Å²) in [5.41, 5.74) is 3.22. The average Bonchev–Trinajstić information content (AvgIpc) is 3.36. The summed E-state index contributed by atoms with van der Waals surface area (Å²) in [6.45, 7) is 0.353. The minimum absolute atomic E-state index is 0.0360. The zero-order chi connectivity index (χ0) is 35.9. The molecule has 0 unspecified atom stereocenters. The predicted molar refractivity (Wildman–Crippen MR) is 183 cm³/mol. The van der Waals surface area contributed by atoms with Crippen LogP contribution in [0.2, 0.25) is 0 Å². The van der Waals surface area contributed by atoms with Crippen LogP contribution in [0.5, 0.6) is 0 Å². The molecule has 4 aromatic carbocycles. The van der Waals surface area contributed by atoms with Crippen molar-refractivity contribution in [3.05, 3.63) is 143 Å². The summed E-state index contributed by atoms with van der Waals surface area (Å²) in [6.07, 6.45) is 2.39. The van der Waals surface area contributed by atoms with E-state index < -0.39 is 23.7 Å². The molecule has 0 atom stereocenters. The molecule has 0 aliphatic carbocycles. The highest BCUT2D eigenvalue weighted by atomic mass is 19.1. The normalized spacial score (nSPS) is 11.8. The quantitative estimate of drug-likeness (QED) is 0.0452. The highest BCUT2D eigenvalue weighted by Crippen LogP contribution is 2.28. The summed E-state index contributed by atoms with van der Waals surface area (Å²) >= 11 is 0. The first-order chi connectivity index (χ1) is 24.1. The van der Waals surface area contributed by atoms with Crippen LogP contribution >= 0.6 is 0 Å². The molecular weight excluding hydrogens is 641 g/mol. The maximum absolute atomic E-state index is 12.9. The van der Waals surface area contributed by atoms with E-state index in [0.717, 1.165) is 11.1 Å². The number of ketones is 1.